The molecule has 2 nitrogen and oxygen atoms in total. The van der Waals surface area contributed by atoms with E-state index in [1.54, 1.807) is 0 Å². The molecule has 0 fully saturated rings. The summed E-state index contributed by atoms with van der Waals surface area (Å²) >= 11 is 0. The molecule has 0 bridgehead atoms. The summed E-state index contributed by atoms with van der Waals surface area (Å²) in [6.07, 6.45) is 4.34. The third-order valence-corrected chi connectivity index (χ3v) is 3.66. The summed E-state index contributed by atoms with van der Waals surface area (Å²) in [5, 5.41) is 13.9. The number of likely N-dealkylation sites (N-methyl/N-ethyl adjacent to an activating group) is 1. The van der Waals surface area contributed by atoms with Crippen molar-refractivity contribution in [2.75, 3.05) is 6.54 Å². The van der Waals surface area contributed by atoms with Crippen LogP contribution in [0.3, 0.4) is 0 Å². The van der Waals surface area contributed by atoms with Crippen LogP contribution < -0.4 is 5.32 Å². The summed E-state index contributed by atoms with van der Waals surface area (Å²) in [6.45, 7) is 9.58. The molecule has 0 saturated heterocycles. The summed E-state index contributed by atoms with van der Waals surface area (Å²) in [5.74, 6) is 0.473. The highest BCUT2D eigenvalue weighted by molar-refractivity contribution is 5.24. The Morgan fingerprint density at radius 3 is 2.44 bits per heavy atom. The Kier molecular flexibility index (Phi) is 5.50. The van der Waals surface area contributed by atoms with Gasteiger partial charge in [-0.3, -0.25) is 0 Å². The van der Waals surface area contributed by atoms with Crippen molar-refractivity contribution >= 4 is 0 Å². The molecule has 0 saturated carbocycles. The first kappa shape index (κ1) is 13.7. The Labute approximate surface area is 100 Å². The Bertz CT molecular complexity index is 245. The maximum atomic E-state index is 10.5. The lowest BCUT2D eigenvalue weighted by Crippen LogP contribution is -2.44. The van der Waals surface area contributed by atoms with Crippen molar-refractivity contribution in [3.05, 3.63) is 11.1 Å². The van der Waals surface area contributed by atoms with Crippen molar-refractivity contribution in [2.24, 2.45) is 5.92 Å². The highest BCUT2D eigenvalue weighted by Gasteiger charge is 2.28. The molecule has 0 aromatic rings. The van der Waals surface area contributed by atoms with Crippen molar-refractivity contribution in [3.63, 3.8) is 0 Å². The molecular weight excluding hydrogens is 198 g/mol. The Morgan fingerprint density at radius 1 is 1.25 bits per heavy atom. The predicted octanol–water partition coefficient (Wildman–Crippen LogP) is 2.87. The van der Waals surface area contributed by atoms with Crippen LogP contribution in [0.15, 0.2) is 11.1 Å². The van der Waals surface area contributed by atoms with E-state index in [0.29, 0.717) is 5.92 Å². The molecule has 0 aromatic carbocycles. The van der Waals surface area contributed by atoms with E-state index in [1.165, 1.54) is 24.0 Å². The fourth-order valence-corrected chi connectivity index (χ4v) is 2.75. The zero-order chi connectivity index (χ0) is 12.1. The minimum atomic E-state index is -0.280. The summed E-state index contributed by atoms with van der Waals surface area (Å²) in [7, 11) is 0. The molecule has 0 spiro atoms. The quantitative estimate of drug-likeness (QED) is 0.681. The number of nitrogens with one attached hydrogen (secondary N) is 1. The Balaban J connectivity index is 2.77. The molecule has 1 aliphatic carbocycles. The minimum absolute atomic E-state index is 0.208. The largest absolute Gasteiger partial charge is 0.387 e. The standard InChI is InChI=1S/C14H27NO/c1-5-11-8-7-9-12(11)14(16)13(10(3)4)15-6-2/h10,13-16H,5-9H2,1-4H3/t13-,14+/m0/s1. The molecule has 16 heavy (non-hydrogen) atoms. The van der Waals surface area contributed by atoms with E-state index in [0.717, 1.165) is 19.4 Å². The topological polar surface area (TPSA) is 32.3 Å². The van der Waals surface area contributed by atoms with Crippen LogP contribution in [0.2, 0.25) is 0 Å². The summed E-state index contributed by atoms with van der Waals surface area (Å²) in [4.78, 5) is 0. The number of hydrogen-bond donors (Lipinski definition) is 2. The van der Waals surface area contributed by atoms with Gasteiger partial charge in [0.2, 0.25) is 0 Å². The molecule has 0 aliphatic heterocycles. The van der Waals surface area contributed by atoms with E-state index in [-0.39, 0.29) is 12.1 Å². The van der Waals surface area contributed by atoms with Crippen LogP contribution in [-0.4, -0.2) is 23.8 Å². The zero-order valence-corrected chi connectivity index (χ0v) is 11.2. The molecule has 2 N–H and O–H groups in total. The van der Waals surface area contributed by atoms with E-state index in [4.69, 9.17) is 0 Å². The molecule has 1 rings (SSSR count). The third kappa shape index (κ3) is 3.08. The van der Waals surface area contributed by atoms with Gasteiger partial charge in [-0.05, 0) is 43.7 Å². The van der Waals surface area contributed by atoms with Crippen LogP contribution in [0.5, 0.6) is 0 Å². The molecule has 2 heteroatoms. The van der Waals surface area contributed by atoms with E-state index in [9.17, 15) is 5.11 Å². The van der Waals surface area contributed by atoms with Crippen molar-refractivity contribution in [2.45, 2.75) is 65.5 Å². The van der Waals surface area contributed by atoms with E-state index in [1.807, 2.05) is 0 Å². The van der Waals surface area contributed by atoms with E-state index < -0.39 is 0 Å². The van der Waals surface area contributed by atoms with Crippen molar-refractivity contribution < 1.29 is 5.11 Å². The molecule has 0 aromatic heterocycles. The second-order valence-electron chi connectivity index (χ2n) is 5.11. The van der Waals surface area contributed by atoms with Gasteiger partial charge in [-0.25, -0.2) is 0 Å². The van der Waals surface area contributed by atoms with Gasteiger partial charge in [0, 0.05) is 6.04 Å². The third-order valence-electron chi connectivity index (χ3n) is 3.66. The van der Waals surface area contributed by atoms with Crippen LogP contribution in [-0.2, 0) is 0 Å². The summed E-state index contributed by atoms with van der Waals surface area (Å²) < 4.78 is 0. The fourth-order valence-electron chi connectivity index (χ4n) is 2.75. The second kappa shape index (κ2) is 6.41. The SMILES string of the molecule is CCN[C@@H](C(C)C)[C@H](O)C1=C(CC)CCC1. The highest BCUT2D eigenvalue weighted by Crippen LogP contribution is 2.32. The Morgan fingerprint density at radius 2 is 1.94 bits per heavy atom. The van der Waals surface area contributed by atoms with Crippen LogP contribution in [0.25, 0.3) is 0 Å². The fraction of sp³-hybridized carbons (Fsp3) is 0.857. The first-order valence-corrected chi connectivity index (χ1v) is 6.74. The van der Waals surface area contributed by atoms with Gasteiger partial charge in [0.05, 0.1) is 6.10 Å². The average molecular weight is 225 g/mol. The summed E-state index contributed by atoms with van der Waals surface area (Å²) in [6, 6.07) is 0.208. The van der Waals surface area contributed by atoms with Gasteiger partial charge in [-0.1, -0.05) is 33.3 Å². The number of allylic oxidation sites excluding steroid dienone is 1. The van der Waals surface area contributed by atoms with Crippen molar-refractivity contribution in [1.82, 2.24) is 5.32 Å². The van der Waals surface area contributed by atoms with Gasteiger partial charge in [0.15, 0.2) is 0 Å². The average Bonchev–Trinajstić information content (AvgIpc) is 2.72. The lowest BCUT2D eigenvalue weighted by molar-refractivity contribution is 0.133. The Hall–Kier alpha value is -0.340. The number of aliphatic hydroxyl groups is 1. The van der Waals surface area contributed by atoms with Gasteiger partial charge in [0.25, 0.3) is 0 Å². The van der Waals surface area contributed by atoms with E-state index in [2.05, 4.69) is 33.0 Å². The highest BCUT2D eigenvalue weighted by atomic mass is 16.3. The van der Waals surface area contributed by atoms with Crippen molar-refractivity contribution in [3.8, 4) is 0 Å². The van der Waals surface area contributed by atoms with Gasteiger partial charge >= 0.3 is 0 Å². The number of aliphatic hydroxyl groups excluding tert-OH is 1. The number of hydrogen-bond acceptors (Lipinski definition) is 2. The van der Waals surface area contributed by atoms with Gasteiger partial charge in [0.1, 0.15) is 0 Å². The minimum Gasteiger partial charge on any atom is -0.387 e. The second-order valence-corrected chi connectivity index (χ2v) is 5.11. The molecule has 0 amide bonds. The van der Waals surface area contributed by atoms with Crippen LogP contribution >= 0.6 is 0 Å². The zero-order valence-electron chi connectivity index (χ0n) is 11.2. The van der Waals surface area contributed by atoms with Crippen molar-refractivity contribution in [1.29, 1.82) is 0 Å². The van der Waals surface area contributed by atoms with Gasteiger partial charge < -0.3 is 10.4 Å². The van der Waals surface area contributed by atoms with Crippen LogP contribution in [0.1, 0.15) is 53.4 Å². The number of rotatable bonds is 6. The smallest absolute Gasteiger partial charge is 0.0908 e. The predicted molar refractivity (Wildman–Crippen MR) is 69.5 cm³/mol. The normalized spacial score (nSPS) is 20.6. The molecule has 0 heterocycles. The summed E-state index contributed by atoms with van der Waals surface area (Å²) in [5.41, 5.74) is 2.82. The lowest BCUT2D eigenvalue weighted by atomic mass is 9.91. The maximum Gasteiger partial charge on any atom is 0.0908 e. The molecule has 2 atom stereocenters. The van der Waals surface area contributed by atoms with E-state index >= 15 is 0 Å². The maximum absolute atomic E-state index is 10.5. The first-order chi connectivity index (χ1) is 7.61. The van der Waals surface area contributed by atoms with Crippen LogP contribution in [0.4, 0.5) is 0 Å². The first-order valence-electron chi connectivity index (χ1n) is 6.74. The molecule has 0 unspecified atom stereocenters. The van der Waals surface area contributed by atoms with Gasteiger partial charge in [-0.15, -0.1) is 0 Å². The van der Waals surface area contributed by atoms with Gasteiger partial charge in [-0.2, -0.15) is 0 Å². The monoisotopic (exact) mass is 225 g/mol. The molecule has 94 valence electrons. The molecular formula is C14H27NO. The lowest BCUT2D eigenvalue weighted by Gasteiger charge is -2.29. The van der Waals surface area contributed by atoms with Crippen LogP contribution in [0, 0.1) is 5.92 Å². The molecule has 0 radical (unpaired) electrons. The molecule has 1 aliphatic rings.